The predicted molar refractivity (Wildman–Crippen MR) is 75.9 cm³/mol. The topological polar surface area (TPSA) is 43.8 Å². The minimum absolute atomic E-state index is 0.0550. The van der Waals surface area contributed by atoms with Crippen LogP contribution < -0.4 is 0 Å². The number of hydrogen-bond donors (Lipinski definition) is 1. The van der Waals surface area contributed by atoms with Crippen LogP contribution in [0.15, 0.2) is 0 Å². The van der Waals surface area contributed by atoms with Crippen molar-refractivity contribution in [1.29, 1.82) is 0 Å². The number of nitrogens with zero attached hydrogens (tertiary/aromatic N) is 2. The lowest BCUT2D eigenvalue weighted by molar-refractivity contribution is -0.160. The first-order chi connectivity index (χ1) is 8.80. The van der Waals surface area contributed by atoms with Crippen molar-refractivity contribution in [1.82, 2.24) is 9.80 Å². The molecule has 2 aliphatic heterocycles. The fourth-order valence-corrected chi connectivity index (χ4v) is 3.25. The van der Waals surface area contributed by atoms with Gasteiger partial charge in [0.2, 0.25) is 0 Å². The maximum absolute atomic E-state index is 12.6. The van der Waals surface area contributed by atoms with Gasteiger partial charge in [-0.15, -0.1) is 0 Å². The average molecular weight is 268 g/mol. The molecule has 1 amide bonds. The Kier molecular flexibility index (Phi) is 4.21. The molecule has 1 atom stereocenters. The van der Waals surface area contributed by atoms with E-state index in [-0.39, 0.29) is 11.3 Å². The molecule has 2 rings (SSSR count). The highest BCUT2D eigenvalue weighted by atomic mass is 16.3. The Morgan fingerprint density at radius 2 is 1.79 bits per heavy atom. The quantitative estimate of drug-likeness (QED) is 0.843. The fourth-order valence-electron chi connectivity index (χ4n) is 3.25. The maximum atomic E-state index is 12.6. The van der Waals surface area contributed by atoms with Gasteiger partial charge in [0.15, 0.2) is 5.60 Å². The van der Waals surface area contributed by atoms with Gasteiger partial charge in [-0.25, -0.2) is 0 Å². The average Bonchev–Trinajstić information content (AvgIpc) is 2.76. The number of aliphatic hydroxyl groups is 1. The Morgan fingerprint density at radius 3 is 2.37 bits per heavy atom. The first kappa shape index (κ1) is 14.8. The number of hydrogen-bond acceptors (Lipinski definition) is 3. The summed E-state index contributed by atoms with van der Waals surface area (Å²) >= 11 is 0. The first-order valence-corrected chi connectivity index (χ1v) is 7.54. The van der Waals surface area contributed by atoms with Crippen LogP contribution in [0.3, 0.4) is 0 Å². The van der Waals surface area contributed by atoms with Gasteiger partial charge >= 0.3 is 0 Å². The van der Waals surface area contributed by atoms with Gasteiger partial charge in [-0.1, -0.05) is 20.8 Å². The van der Waals surface area contributed by atoms with Crippen LogP contribution in [-0.2, 0) is 4.79 Å². The van der Waals surface area contributed by atoms with E-state index in [1.54, 1.807) is 0 Å². The van der Waals surface area contributed by atoms with Crippen LogP contribution in [0.1, 0.15) is 46.5 Å². The summed E-state index contributed by atoms with van der Waals surface area (Å²) in [4.78, 5) is 16.7. The van der Waals surface area contributed by atoms with Crippen molar-refractivity contribution in [3.8, 4) is 0 Å². The largest absolute Gasteiger partial charge is 0.379 e. The number of amides is 1. The lowest BCUT2D eigenvalue weighted by Gasteiger charge is -2.42. The zero-order valence-corrected chi connectivity index (χ0v) is 12.6. The molecule has 2 fully saturated rings. The summed E-state index contributed by atoms with van der Waals surface area (Å²) in [6, 6.07) is 0. The number of carbonyl (C=O) groups is 1. The van der Waals surface area contributed by atoms with Crippen LogP contribution in [0, 0.1) is 5.41 Å². The molecule has 0 radical (unpaired) electrons. The van der Waals surface area contributed by atoms with E-state index in [1.807, 2.05) is 4.90 Å². The number of piperidine rings is 1. The van der Waals surface area contributed by atoms with Crippen molar-refractivity contribution < 1.29 is 9.90 Å². The second-order valence-corrected chi connectivity index (χ2v) is 7.41. The summed E-state index contributed by atoms with van der Waals surface area (Å²) in [6.45, 7) is 10.5. The molecule has 0 bridgehead atoms. The van der Waals surface area contributed by atoms with Crippen LogP contribution in [0.5, 0.6) is 0 Å². The van der Waals surface area contributed by atoms with Crippen molar-refractivity contribution in [3.05, 3.63) is 0 Å². The van der Waals surface area contributed by atoms with E-state index < -0.39 is 5.60 Å². The second kappa shape index (κ2) is 5.41. The molecule has 0 unspecified atom stereocenters. The Bertz CT molecular complexity index is 332. The number of β-amino-alcohol motifs (C(OH)–C–C–N with tert-alkyl or cyclic N) is 1. The molecular formula is C15H28N2O2. The summed E-state index contributed by atoms with van der Waals surface area (Å²) in [5.41, 5.74) is -1.06. The van der Waals surface area contributed by atoms with Crippen LogP contribution >= 0.6 is 0 Å². The van der Waals surface area contributed by atoms with Crippen molar-refractivity contribution in [2.75, 3.05) is 32.7 Å². The Labute approximate surface area is 116 Å². The summed E-state index contributed by atoms with van der Waals surface area (Å²) in [7, 11) is 0. The van der Waals surface area contributed by atoms with Crippen molar-refractivity contribution >= 4 is 5.91 Å². The molecule has 0 aromatic rings. The van der Waals surface area contributed by atoms with Gasteiger partial charge in [0.05, 0.1) is 0 Å². The molecular weight excluding hydrogens is 240 g/mol. The van der Waals surface area contributed by atoms with Gasteiger partial charge in [-0.2, -0.15) is 0 Å². The molecule has 0 saturated carbocycles. The highest BCUT2D eigenvalue weighted by Gasteiger charge is 2.44. The van der Waals surface area contributed by atoms with Crippen LogP contribution in [0.2, 0.25) is 0 Å². The van der Waals surface area contributed by atoms with E-state index in [1.165, 1.54) is 12.8 Å². The van der Waals surface area contributed by atoms with E-state index in [9.17, 15) is 9.90 Å². The van der Waals surface area contributed by atoms with Gasteiger partial charge in [0.25, 0.3) is 5.91 Å². The predicted octanol–water partition coefficient (Wildman–Crippen LogP) is 1.48. The SMILES string of the molecule is CC(C)(C)CN1CCC[C@@](O)(CN2CCCC2)C1=O. The third kappa shape index (κ3) is 3.69. The Morgan fingerprint density at radius 1 is 1.16 bits per heavy atom. The first-order valence-electron chi connectivity index (χ1n) is 7.54. The van der Waals surface area contributed by atoms with E-state index in [0.29, 0.717) is 13.0 Å². The standard InChI is InChI=1S/C15H28N2O2/c1-14(2,3)11-17-10-6-7-15(19,13(17)18)12-16-8-4-5-9-16/h19H,4-12H2,1-3H3/t15-/m1/s1. The number of carbonyl (C=O) groups excluding carboxylic acids is 1. The van der Waals surface area contributed by atoms with Crippen LogP contribution in [-0.4, -0.2) is 59.1 Å². The molecule has 2 saturated heterocycles. The summed E-state index contributed by atoms with van der Waals surface area (Å²) < 4.78 is 0. The highest BCUT2D eigenvalue weighted by molar-refractivity contribution is 5.86. The Balaban J connectivity index is 2.01. The van der Waals surface area contributed by atoms with Crippen LogP contribution in [0.4, 0.5) is 0 Å². The molecule has 0 spiro atoms. The van der Waals surface area contributed by atoms with Gasteiger partial charge in [0.1, 0.15) is 0 Å². The zero-order chi connectivity index (χ0) is 14.1. The molecule has 2 heterocycles. The minimum atomic E-state index is -1.14. The fraction of sp³-hybridized carbons (Fsp3) is 0.933. The monoisotopic (exact) mass is 268 g/mol. The van der Waals surface area contributed by atoms with E-state index >= 15 is 0 Å². The molecule has 4 nitrogen and oxygen atoms in total. The number of rotatable bonds is 3. The van der Waals surface area contributed by atoms with E-state index in [0.717, 1.165) is 32.6 Å². The molecule has 4 heteroatoms. The van der Waals surface area contributed by atoms with Crippen LogP contribution in [0.25, 0.3) is 0 Å². The maximum Gasteiger partial charge on any atom is 0.255 e. The molecule has 0 aromatic carbocycles. The number of likely N-dealkylation sites (tertiary alicyclic amines) is 2. The molecule has 1 N–H and O–H groups in total. The molecule has 0 aromatic heterocycles. The normalized spacial score (nSPS) is 30.1. The third-order valence-corrected chi connectivity index (χ3v) is 4.05. The summed E-state index contributed by atoms with van der Waals surface area (Å²) in [6.07, 6.45) is 3.90. The van der Waals surface area contributed by atoms with E-state index in [2.05, 4.69) is 25.7 Å². The molecule has 19 heavy (non-hydrogen) atoms. The molecule has 0 aliphatic carbocycles. The molecule has 110 valence electrons. The molecule has 2 aliphatic rings. The summed E-state index contributed by atoms with van der Waals surface area (Å²) in [5, 5.41) is 10.7. The smallest absolute Gasteiger partial charge is 0.255 e. The zero-order valence-electron chi connectivity index (χ0n) is 12.6. The van der Waals surface area contributed by atoms with Crippen molar-refractivity contribution in [3.63, 3.8) is 0 Å². The lowest BCUT2D eigenvalue weighted by Crippen LogP contribution is -2.59. The summed E-state index contributed by atoms with van der Waals surface area (Å²) in [5.74, 6) is -0.0550. The van der Waals surface area contributed by atoms with Gasteiger partial charge in [-0.3, -0.25) is 9.69 Å². The van der Waals surface area contributed by atoms with E-state index in [4.69, 9.17) is 0 Å². The Hall–Kier alpha value is -0.610. The lowest BCUT2D eigenvalue weighted by atomic mass is 9.88. The minimum Gasteiger partial charge on any atom is -0.379 e. The van der Waals surface area contributed by atoms with Gasteiger partial charge in [-0.05, 0) is 44.2 Å². The third-order valence-electron chi connectivity index (χ3n) is 4.05. The highest BCUT2D eigenvalue weighted by Crippen LogP contribution is 2.27. The van der Waals surface area contributed by atoms with Gasteiger partial charge in [0, 0.05) is 19.6 Å². The van der Waals surface area contributed by atoms with Crippen molar-refractivity contribution in [2.24, 2.45) is 5.41 Å². The van der Waals surface area contributed by atoms with Gasteiger partial charge < -0.3 is 10.0 Å². The van der Waals surface area contributed by atoms with Crippen molar-refractivity contribution in [2.45, 2.75) is 52.1 Å². The second-order valence-electron chi connectivity index (χ2n) is 7.41.